The molecule has 0 amide bonds. The first-order valence-electron chi connectivity index (χ1n) is 4.06. The Hall–Kier alpha value is -0.370. The maximum atomic E-state index is 8.45. The first kappa shape index (κ1) is 10.7. The fourth-order valence-electron chi connectivity index (χ4n) is 0.927. The van der Waals surface area contributed by atoms with Crippen molar-refractivity contribution in [3.05, 3.63) is 20.8 Å². The van der Waals surface area contributed by atoms with Crippen molar-refractivity contribution in [2.45, 2.75) is 25.9 Å². The van der Waals surface area contributed by atoms with Crippen LogP contribution in [-0.4, -0.2) is 6.04 Å². The summed E-state index contributed by atoms with van der Waals surface area (Å²) >= 11 is 5.18. The van der Waals surface area contributed by atoms with Gasteiger partial charge in [-0.05, 0) is 34.3 Å². The number of nitriles is 1. The lowest BCUT2D eigenvalue weighted by molar-refractivity contribution is 0.560. The van der Waals surface area contributed by atoms with Gasteiger partial charge in [0.15, 0.2) is 0 Å². The van der Waals surface area contributed by atoms with Gasteiger partial charge < -0.3 is 5.32 Å². The van der Waals surface area contributed by atoms with Crippen molar-refractivity contribution in [1.82, 2.24) is 5.32 Å². The van der Waals surface area contributed by atoms with Gasteiger partial charge in [0.1, 0.15) is 0 Å². The van der Waals surface area contributed by atoms with E-state index >= 15 is 0 Å². The predicted molar refractivity (Wildman–Crippen MR) is 58.6 cm³/mol. The van der Waals surface area contributed by atoms with Crippen molar-refractivity contribution in [3.8, 4) is 6.07 Å². The Kier molecular flexibility index (Phi) is 4.43. The molecule has 0 spiro atoms. The van der Waals surface area contributed by atoms with Crippen LogP contribution < -0.4 is 5.32 Å². The van der Waals surface area contributed by atoms with E-state index in [4.69, 9.17) is 5.26 Å². The van der Waals surface area contributed by atoms with E-state index in [-0.39, 0.29) is 6.04 Å². The Morgan fingerprint density at radius 2 is 2.54 bits per heavy atom. The summed E-state index contributed by atoms with van der Waals surface area (Å²) in [5.74, 6) is 0. The lowest BCUT2D eigenvalue weighted by Crippen LogP contribution is -2.24. The topological polar surface area (TPSA) is 35.8 Å². The minimum atomic E-state index is 0.263. The quantitative estimate of drug-likeness (QED) is 0.902. The Labute approximate surface area is 90.7 Å². The Morgan fingerprint density at radius 3 is 3.08 bits per heavy atom. The predicted octanol–water partition coefficient (Wildman–Crippen LogP) is 2.90. The van der Waals surface area contributed by atoms with Crippen LogP contribution in [0.5, 0.6) is 0 Å². The molecule has 4 heteroatoms. The minimum absolute atomic E-state index is 0.263. The van der Waals surface area contributed by atoms with Crippen LogP contribution in [0, 0.1) is 11.3 Å². The van der Waals surface area contributed by atoms with Gasteiger partial charge in [-0.15, -0.1) is 11.3 Å². The maximum absolute atomic E-state index is 8.45. The van der Waals surface area contributed by atoms with E-state index in [1.807, 2.05) is 13.0 Å². The molecule has 1 rings (SSSR count). The molecule has 0 radical (unpaired) electrons. The molecular formula is C9H11BrN2S. The van der Waals surface area contributed by atoms with E-state index in [2.05, 4.69) is 32.7 Å². The summed E-state index contributed by atoms with van der Waals surface area (Å²) in [6, 6.07) is 4.44. The molecule has 0 aliphatic rings. The molecule has 70 valence electrons. The summed E-state index contributed by atoms with van der Waals surface area (Å²) in [6.45, 7) is 2.85. The molecule has 0 saturated heterocycles. The zero-order valence-electron chi connectivity index (χ0n) is 7.38. The van der Waals surface area contributed by atoms with E-state index in [1.54, 1.807) is 11.3 Å². The first-order chi connectivity index (χ1) is 6.24. The molecule has 1 unspecified atom stereocenters. The molecular weight excluding hydrogens is 248 g/mol. The molecule has 1 atom stereocenters. The number of rotatable bonds is 4. The molecule has 13 heavy (non-hydrogen) atoms. The van der Waals surface area contributed by atoms with Gasteiger partial charge in [0, 0.05) is 21.9 Å². The number of hydrogen-bond donors (Lipinski definition) is 1. The van der Waals surface area contributed by atoms with Gasteiger partial charge in [-0.25, -0.2) is 0 Å². The van der Waals surface area contributed by atoms with Crippen LogP contribution in [0.15, 0.2) is 15.9 Å². The maximum Gasteiger partial charge on any atom is 0.0638 e. The van der Waals surface area contributed by atoms with E-state index in [0.29, 0.717) is 6.42 Å². The highest BCUT2D eigenvalue weighted by Gasteiger charge is 2.03. The van der Waals surface area contributed by atoms with Gasteiger partial charge in [0.2, 0.25) is 0 Å². The zero-order chi connectivity index (χ0) is 9.68. The molecule has 0 saturated carbocycles. The van der Waals surface area contributed by atoms with Gasteiger partial charge in [0.25, 0.3) is 0 Å². The number of nitrogens with one attached hydrogen (secondary N) is 1. The van der Waals surface area contributed by atoms with Crippen LogP contribution in [0.3, 0.4) is 0 Å². The van der Waals surface area contributed by atoms with Crippen molar-refractivity contribution in [1.29, 1.82) is 5.26 Å². The van der Waals surface area contributed by atoms with Crippen LogP contribution >= 0.6 is 27.3 Å². The van der Waals surface area contributed by atoms with Gasteiger partial charge >= 0.3 is 0 Å². The van der Waals surface area contributed by atoms with Crippen molar-refractivity contribution in [2.75, 3.05) is 0 Å². The lowest BCUT2D eigenvalue weighted by Gasteiger charge is -2.08. The minimum Gasteiger partial charge on any atom is -0.308 e. The highest BCUT2D eigenvalue weighted by Crippen LogP contribution is 2.22. The highest BCUT2D eigenvalue weighted by atomic mass is 79.9. The molecule has 1 heterocycles. The van der Waals surface area contributed by atoms with Crippen LogP contribution in [-0.2, 0) is 6.54 Å². The molecule has 2 nitrogen and oxygen atoms in total. The number of thiophene rings is 1. The van der Waals surface area contributed by atoms with Crippen LogP contribution in [0.2, 0.25) is 0 Å². The molecule has 1 N–H and O–H groups in total. The normalized spacial score (nSPS) is 12.4. The standard InChI is InChI=1S/C9H11BrN2S/c1-7(2-4-11)12-6-9-8(10)3-5-13-9/h3,5,7,12H,2,6H2,1H3. The molecule has 1 aromatic heterocycles. The molecule has 1 aromatic rings. The van der Waals surface area contributed by atoms with E-state index in [0.717, 1.165) is 11.0 Å². The Bertz CT molecular complexity index is 303. The molecule has 0 aliphatic heterocycles. The summed E-state index contributed by atoms with van der Waals surface area (Å²) in [7, 11) is 0. The Morgan fingerprint density at radius 1 is 1.77 bits per heavy atom. The second-order valence-corrected chi connectivity index (χ2v) is 4.69. The van der Waals surface area contributed by atoms with Crippen molar-refractivity contribution >= 4 is 27.3 Å². The second-order valence-electron chi connectivity index (χ2n) is 2.84. The van der Waals surface area contributed by atoms with Gasteiger partial charge in [0.05, 0.1) is 12.5 Å². The molecule has 0 fully saturated rings. The van der Waals surface area contributed by atoms with Crippen molar-refractivity contribution in [2.24, 2.45) is 0 Å². The molecule has 0 bridgehead atoms. The number of nitrogens with zero attached hydrogens (tertiary/aromatic N) is 1. The summed E-state index contributed by atoms with van der Waals surface area (Å²) in [5.41, 5.74) is 0. The summed E-state index contributed by atoms with van der Waals surface area (Å²) in [4.78, 5) is 1.28. The summed E-state index contributed by atoms with van der Waals surface area (Å²) in [5, 5.41) is 13.8. The third kappa shape index (κ3) is 3.47. The van der Waals surface area contributed by atoms with Gasteiger partial charge in [-0.1, -0.05) is 0 Å². The van der Waals surface area contributed by atoms with Crippen molar-refractivity contribution < 1.29 is 0 Å². The number of halogens is 1. The highest BCUT2D eigenvalue weighted by molar-refractivity contribution is 9.10. The second kappa shape index (κ2) is 5.38. The largest absolute Gasteiger partial charge is 0.308 e. The average Bonchev–Trinajstić information content (AvgIpc) is 2.48. The number of hydrogen-bond acceptors (Lipinski definition) is 3. The Balaban J connectivity index is 2.36. The zero-order valence-corrected chi connectivity index (χ0v) is 9.78. The summed E-state index contributed by atoms with van der Waals surface area (Å²) in [6.07, 6.45) is 0.559. The lowest BCUT2D eigenvalue weighted by atomic mass is 10.2. The monoisotopic (exact) mass is 258 g/mol. The van der Waals surface area contributed by atoms with Crippen molar-refractivity contribution in [3.63, 3.8) is 0 Å². The van der Waals surface area contributed by atoms with Gasteiger partial charge in [-0.2, -0.15) is 5.26 Å². The first-order valence-corrected chi connectivity index (χ1v) is 5.73. The van der Waals surface area contributed by atoms with Crippen LogP contribution in [0.1, 0.15) is 18.2 Å². The summed E-state index contributed by atoms with van der Waals surface area (Å²) < 4.78 is 1.15. The van der Waals surface area contributed by atoms with E-state index in [1.165, 1.54) is 4.88 Å². The fraction of sp³-hybridized carbons (Fsp3) is 0.444. The molecule has 0 aromatic carbocycles. The van der Waals surface area contributed by atoms with E-state index in [9.17, 15) is 0 Å². The van der Waals surface area contributed by atoms with Crippen LogP contribution in [0.4, 0.5) is 0 Å². The van der Waals surface area contributed by atoms with E-state index < -0.39 is 0 Å². The van der Waals surface area contributed by atoms with Crippen LogP contribution in [0.25, 0.3) is 0 Å². The average molecular weight is 259 g/mol. The smallest absolute Gasteiger partial charge is 0.0638 e. The third-order valence-electron chi connectivity index (χ3n) is 1.70. The SMILES string of the molecule is CC(CC#N)NCc1sccc1Br. The fourth-order valence-corrected chi connectivity index (χ4v) is 2.37. The van der Waals surface area contributed by atoms with Gasteiger partial charge in [-0.3, -0.25) is 0 Å². The molecule has 0 aliphatic carbocycles. The third-order valence-corrected chi connectivity index (χ3v) is 3.63.